The molecule has 0 spiro atoms. The number of benzene rings is 1. The van der Waals surface area contributed by atoms with Crippen LogP contribution in [0.3, 0.4) is 0 Å². The molecule has 1 nitrogen and oxygen atoms in total. The molecule has 1 aromatic rings. The third kappa shape index (κ3) is 5.87. The Bertz CT molecular complexity index is 324. The SMILES string of the molecule is COC[C@@H](C)CCC(C)Cc1ccccc1I. The number of halogens is 1. The molecule has 0 aliphatic heterocycles. The summed E-state index contributed by atoms with van der Waals surface area (Å²) in [6.45, 7) is 5.50. The molecule has 0 saturated heterocycles. The Morgan fingerprint density at radius 2 is 1.76 bits per heavy atom. The van der Waals surface area contributed by atoms with Gasteiger partial charge >= 0.3 is 0 Å². The molecule has 0 aromatic heterocycles. The summed E-state index contributed by atoms with van der Waals surface area (Å²) in [6.07, 6.45) is 3.74. The van der Waals surface area contributed by atoms with Gasteiger partial charge in [0.15, 0.2) is 0 Å². The summed E-state index contributed by atoms with van der Waals surface area (Å²) in [5, 5.41) is 0. The molecule has 0 fully saturated rings. The van der Waals surface area contributed by atoms with Crippen molar-refractivity contribution in [3.63, 3.8) is 0 Å². The molecule has 0 N–H and O–H groups in total. The van der Waals surface area contributed by atoms with E-state index in [1.807, 2.05) is 0 Å². The maximum absolute atomic E-state index is 5.17. The Balaban J connectivity index is 2.34. The first-order valence-corrected chi connectivity index (χ1v) is 7.43. The molecule has 1 unspecified atom stereocenters. The minimum absolute atomic E-state index is 0.678. The van der Waals surface area contributed by atoms with Gasteiger partial charge in [0.25, 0.3) is 0 Å². The van der Waals surface area contributed by atoms with E-state index in [-0.39, 0.29) is 0 Å². The average Bonchev–Trinajstić information content (AvgIpc) is 2.30. The molecule has 1 rings (SSSR count). The number of hydrogen-bond acceptors (Lipinski definition) is 1. The standard InChI is InChI=1S/C15H23IO/c1-12(8-9-13(2)11-17-3)10-14-6-4-5-7-15(14)16/h4-7,12-13H,8-11H2,1-3H3/t12?,13-/m0/s1. The van der Waals surface area contributed by atoms with E-state index in [9.17, 15) is 0 Å². The van der Waals surface area contributed by atoms with E-state index in [0.29, 0.717) is 5.92 Å². The van der Waals surface area contributed by atoms with Gasteiger partial charge in [-0.15, -0.1) is 0 Å². The van der Waals surface area contributed by atoms with Crippen LogP contribution >= 0.6 is 22.6 Å². The van der Waals surface area contributed by atoms with E-state index in [2.05, 4.69) is 60.7 Å². The number of hydrogen-bond donors (Lipinski definition) is 0. The van der Waals surface area contributed by atoms with Crippen molar-refractivity contribution in [2.75, 3.05) is 13.7 Å². The van der Waals surface area contributed by atoms with Gasteiger partial charge in [0, 0.05) is 17.3 Å². The normalized spacial score (nSPS) is 14.6. The van der Waals surface area contributed by atoms with Crippen molar-refractivity contribution in [2.24, 2.45) is 11.8 Å². The Hall–Kier alpha value is -0.0900. The lowest BCUT2D eigenvalue weighted by Crippen LogP contribution is -2.08. The second kappa shape index (κ2) is 8.09. The summed E-state index contributed by atoms with van der Waals surface area (Å²) in [5.41, 5.74) is 1.49. The van der Waals surface area contributed by atoms with Gasteiger partial charge in [-0.25, -0.2) is 0 Å². The van der Waals surface area contributed by atoms with Crippen LogP contribution in [-0.4, -0.2) is 13.7 Å². The van der Waals surface area contributed by atoms with Crippen LogP contribution in [0.5, 0.6) is 0 Å². The van der Waals surface area contributed by atoms with Crippen molar-refractivity contribution in [3.8, 4) is 0 Å². The topological polar surface area (TPSA) is 9.23 Å². The lowest BCUT2D eigenvalue weighted by Gasteiger charge is -2.15. The highest BCUT2D eigenvalue weighted by atomic mass is 127. The van der Waals surface area contributed by atoms with E-state index in [1.165, 1.54) is 28.4 Å². The predicted molar refractivity (Wildman–Crippen MR) is 82.3 cm³/mol. The average molecular weight is 346 g/mol. The quantitative estimate of drug-likeness (QED) is 0.659. The van der Waals surface area contributed by atoms with Gasteiger partial charge < -0.3 is 4.74 Å². The van der Waals surface area contributed by atoms with Crippen LogP contribution in [0.2, 0.25) is 0 Å². The number of ether oxygens (including phenoxy) is 1. The maximum atomic E-state index is 5.17. The molecule has 2 atom stereocenters. The highest BCUT2D eigenvalue weighted by molar-refractivity contribution is 14.1. The van der Waals surface area contributed by atoms with E-state index in [1.54, 1.807) is 7.11 Å². The molecule has 17 heavy (non-hydrogen) atoms. The Morgan fingerprint density at radius 3 is 2.41 bits per heavy atom. The Labute approximate surface area is 119 Å². The summed E-state index contributed by atoms with van der Waals surface area (Å²) < 4.78 is 6.56. The largest absolute Gasteiger partial charge is 0.384 e. The molecule has 96 valence electrons. The molecule has 0 amide bonds. The van der Waals surface area contributed by atoms with Crippen LogP contribution in [-0.2, 0) is 11.2 Å². The maximum Gasteiger partial charge on any atom is 0.0487 e. The van der Waals surface area contributed by atoms with Crippen molar-refractivity contribution < 1.29 is 4.74 Å². The highest BCUT2D eigenvalue weighted by Gasteiger charge is 2.09. The smallest absolute Gasteiger partial charge is 0.0487 e. The second-order valence-corrected chi connectivity index (χ2v) is 6.20. The van der Waals surface area contributed by atoms with Crippen LogP contribution in [0.1, 0.15) is 32.3 Å². The van der Waals surface area contributed by atoms with E-state index in [0.717, 1.165) is 12.5 Å². The third-order valence-corrected chi connectivity index (χ3v) is 4.18. The van der Waals surface area contributed by atoms with E-state index in [4.69, 9.17) is 4.74 Å². The van der Waals surface area contributed by atoms with Gasteiger partial charge in [-0.3, -0.25) is 0 Å². The molecule has 0 bridgehead atoms. The summed E-state index contributed by atoms with van der Waals surface area (Å²) in [4.78, 5) is 0. The van der Waals surface area contributed by atoms with Gasteiger partial charge in [-0.1, -0.05) is 38.5 Å². The molecular formula is C15H23IO. The first kappa shape index (κ1) is 15.0. The minimum atomic E-state index is 0.678. The summed E-state index contributed by atoms with van der Waals surface area (Å²) in [6, 6.07) is 8.68. The fraction of sp³-hybridized carbons (Fsp3) is 0.600. The lowest BCUT2D eigenvalue weighted by molar-refractivity contribution is 0.152. The van der Waals surface area contributed by atoms with Gasteiger partial charge in [-0.2, -0.15) is 0 Å². The zero-order valence-corrected chi connectivity index (χ0v) is 13.2. The third-order valence-electron chi connectivity index (χ3n) is 3.13. The monoisotopic (exact) mass is 346 g/mol. The van der Waals surface area contributed by atoms with Crippen molar-refractivity contribution in [3.05, 3.63) is 33.4 Å². The lowest BCUT2D eigenvalue weighted by atomic mass is 9.93. The van der Waals surface area contributed by atoms with Gasteiger partial charge in [0.2, 0.25) is 0 Å². The van der Waals surface area contributed by atoms with Crippen molar-refractivity contribution in [2.45, 2.75) is 33.1 Å². The summed E-state index contributed by atoms with van der Waals surface area (Å²) in [7, 11) is 1.78. The van der Waals surface area contributed by atoms with Crippen LogP contribution in [0.4, 0.5) is 0 Å². The summed E-state index contributed by atoms with van der Waals surface area (Å²) in [5.74, 6) is 1.43. The molecule has 2 heteroatoms. The molecular weight excluding hydrogens is 323 g/mol. The minimum Gasteiger partial charge on any atom is -0.384 e. The predicted octanol–water partition coefficient (Wildman–Crippen LogP) is 4.53. The summed E-state index contributed by atoms with van der Waals surface area (Å²) >= 11 is 2.43. The van der Waals surface area contributed by atoms with E-state index < -0.39 is 0 Å². The zero-order chi connectivity index (χ0) is 12.7. The Morgan fingerprint density at radius 1 is 1.12 bits per heavy atom. The Kier molecular flexibility index (Phi) is 7.12. The number of rotatable bonds is 7. The van der Waals surface area contributed by atoms with Crippen LogP contribution in [0, 0.1) is 15.4 Å². The fourth-order valence-electron chi connectivity index (χ4n) is 2.08. The molecule has 0 saturated carbocycles. The zero-order valence-electron chi connectivity index (χ0n) is 11.1. The van der Waals surface area contributed by atoms with Crippen molar-refractivity contribution in [1.29, 1.82) is 0 Å². The second-order valence-electron chi connectivity index (χ2n) is 5.04. The molecule has 1 aromatic carbocycles. The molecule has 0 aliphatic carbocycles. The van der Waals surface area contributed by atoms with Gasteiger partial charge in [0.1, 0.15) is 0 Å². The molecule has 0 heterocycles. The van der Waals surface area contributed by atoms with Gasteiger partial charge in [0.05, 0.1) is 0 Å². The van der Waals surface area contributed by atoms with Crippen molar-refractivity contribution in [1.82, 2.24) is 0 Å². The molecule has 0 radical (unpaired) electrons. The highest BCUT2D eigenvalue weighted by Crippen LogP contribution is 2.20. The van der Waals surface area contributed by atoms with Gasteiger partial charge in [-0.05, 0) is 58.9 Å². The van der Waals surface area contributed by atoms with E-state index >= 15 is 0 Å². The fourth-order valence-corrected chi connectivity index (χ4v) is 2.69. The number of methoxy groups -OCH3 is 1. The molecule has 0 aliphatic rings. The van der Waals surface area contributed by atoms with Crippen molar-refractivity contribution >= 4 is 22.6 Å². The van der Waals surface area contributed by atoms with Crippen LogP contribution in [0.25, 0.3) is 0 Å². The first-order valence-electron chi connectivity index (χ1n) is 6.35. The van der Waals surface area contributed by atoms with Crippen LogP contribution in [0.15, 0.2) is 24.3 Å². The van der Waals surface area contributed by atoms with Crippen LogP contribution < -0.4 is 0 Å². The first-order chi connectivity index (χ1) is 8.13.